The minimum absolute atomic E-state index is 0.159. The van der Waals surface area contributed by atoms with Crippen LogP contribution in [0.5, 0.6) is 0 Å². The van der Waals surface area contributed by atoms with Crippen molar-refractivity contribution < 1.29 is 14.3 Å². The van der Waals surface area contributed by atoms with Gasteiger partial charge in [-0.1, -0.05) is 13.0 Å². The van der Waals surface area contributed by atoms with E-state index in [4.69, 9.17) is 5.73 Å². The summed E-state index contributed by atoms with van der Waals surface area (Å²) in [6, 6.07) is 4.74. The van der Waals surface area contributed by atoms with Gasteiger partial charge in [0.05, 0.1) is 18.2 Å². The van der Waals surface area contributed by atoms with Crippen molar-refractivity contribution in [2.24, 2.45) is 0 Å². The first-order valence-corrected chi connectivity index (χ1v) is 4.61. The molecular weight excluding hydrogens is 194 g/mol. The summed E-state index contributed by atoms with van der Waals surface area (Å²) in [6.07, 6.45) is 0.304. The molecule has 0 saturated heterocycles. The van der Waals surface area contributed by atoms with Crippen molar-refractivity contribution in [2.45, 2.75) is 13.3 Å². The van der Waals surface area contributed by atoms with Crippen LogP contribution in [0.15, 0.2) is 18.2 Å². The Morgan fingerprint density at radius 3 is 2.60 bits per heavy atom. The van der Waals surface area contributed by atoms with Crippen LogP contribution >= 0.6 is 0 Å². The number of nitrogens with two attached hydrogens (primary N) is 1. The molecule has 80 valence electrons. The maximum atomic E-state index is 11.6. The summed E-state index contributed by atoms with van der Waals surface area (Å²) in [5, 5.41) is 0. The zero-order chi connectivity index (χ0) is 11.4. The number of ether oxygens (including phenoxy) is 1. The van der Waals surface area contributed by atoms with Crippen LogP contribution in [-0.2, 0) is 4.74 Å². The molecule has 0 aliphatic heterocycles. The second-order valence-electron chi connectivity index (χ2n) is 3.04. The fourth-order valence-electron chi connectivity index (χ4n) is 1.34. The number of carbonyl (C=O) groups excluding carboxylic acids is 2. The van der Waals surface area contributed by atoms with E-state index >= 15 is 0 Å². The number of benzene rings is 1. The minimum atomic E-state index is -0.543. The predicted octanol–water partition coefficient (Wildman–Crippen LogP) is 1.65. The Morgan fingerprint density at radius 1 is 1.40 bits per heavy atom. The average Bonchev–Trinajstić information content (AvgIpc) is 2.26. The van der Waals surface area contributed by atoms with Gasteiger partial charge in [0.2, 0.25) is 0 Å². The second kappa shape index (κ2) is 4.59. The van der Waals surface area contributed by atoms with Crippen LogP contribution in [-0.4, -0.2) is 18.9 Å². The lowest BCUT2D eigenvalue weighted by molar-refractivity contribution is 0.0597. The molecule has 0 aliphatic rings. The predicted molar refractivity (Wildman–Crippen MR) is 56.8 cm³/mol. The first kappa shape index (κ1) is 11.2. The van der Waals surface area contributed by atoms with Crippen LogP contribution in [0.3, 0.4) is 0 Å². The van der Waals surface area contributed by atoms with E-state index < -0.39 is 5.97 Å². The van der Waals surface area contributed by atoms with Crippen LogP contribution in [0, 0.1) is 0 Å². The van der Waals surface area contributed by atoms with Gasteiger partial charge >= 0.3 is 5.97 Å². The number of hydrogen-bond donors (Lipinski definition) is 1. The second-order valence-corrected chi connectivity index (χ2v) is 3.04. The van der Waals surface area contributed by atoms with Crippen molar-refractivity contribution in [1.29, 1.82) is 0 Å². The molecule has 0 aliphatic carbocycles. The molecule has 0 saturated carbocycles. The van der Waals surface area contributed by atoms with Gasteiger partial charge in [-0.15, -0.1) is 0 Å². The first-order valence-electron chi connectivity index (χ1n) is 4.61. The lowest BCUT2D eigenvalue weighted by Gasteiger charge is -2.08. The molecule has 0 spiro atoms. The quantitative estimate of drug-likeness (QED) is 0.464. The zero-order valence-corrected chi connectivity index (χ0v) is 8.74. The molecule has 0 fully saturated rings. The van der Waals surface area contributed by atoms with Gasteiger partial charge in [0.1, 0.15) is 0 Å². The van der Waals surface area contributed by atoms with Gasteiger partial charge in [-0.05, 0) is 12.1 Å². The van der Waals surface area contributed by atoms with Crippen molar-refractivity contribution >= 4 is 17.4 Å². The third-order valence-corrected chi connectivity index (χ3v) is 2.10. The molecular formula is C11H13NO3. The molecule has 0 bridgehead atoms. The number of ketones is 1. The smallest absolute Gasteiger partial charge is 0.338 e. The van der Waals surface area contributed by atoms with Gasteiger partial charge < -0.3 is 10.5 Å². The van der Waals surface area contributed by atoms with Gasteiger partial charge in [0, 0.05) is 12.1 Å². The molecule has 4 nitrogen and oxygen atoms in total. The lowest BCUT2D eigenvalue weighted by Crippen LogP contribution is -2.12. The molecule has 1 aromatic rings. The van der Waals surface area contributed by atoms with Crippen LogP contribution in [0.25, 0.3) is 0 Å². The third kappa shape index (κ3) is 2.15. The maximum absolute atomic E-state index is 11.6. The highest BCUT2D eigenvalue weighted by atomic mass is 16.5. The lowest BCUT2D eigenvalue weighted by atomic mass is 10.00. The normalized spacial score (nSPS) is 9.73. The molecule has 1 aromatic carbocycles. The standard InChI is InChI=1S/C11H13NO3/c1-3-9(13)10-7(11(14)15-2)5-4-6-8(10)12/h4-6H,3,12H2,1-2H3. The number of rotatable bonds is 3. The van der Waals surface area contributed by atoms with Crippen LogP contribution in [0.1, 0.15) is 34.1 Å². The fraction of sp³-hybridized carbons (Fsp3) is 0.273. The molecule has 15 heavy (non-hydrogen) atoms. The average molecular weight is 207 g/mol. The first-order chi connectivity index (χ1) is 7.11. The number of carbonyl (C=O) groups is 2. The summed E-state index contributed by atoms with van der Waals surface area (Å²) < 4.78 is 4.58. The Morgan fingerprint density at radius 2 is 2.07 bits per heavy atom. The van der Waals surface area contributed by atoms with Crippen molar-refractivity contribution in [3.63, 3.8) is 0 Å². The van der Waals surface area contributed by atoms with Crippen LogP contribution in [0.4, 0.5) is 5.69 Å². The van der Waals surface area contributed by atoms with Gasteiger partial charge in [0.15, 0.2) is 5.78 Å². The summed E-state index contributed by atoms with van der Waals surface area (Å²) in [4.78, 5) is 23.0. The summed E-state index contributed by atoms with van der Waals surface area (Å²) >= 11 is 0. The van der Waals surface area contributed by atoms with Gasteiger partial charge in [-0.3, -0.25) is 4.79 Å². The Bertz CT molecular complexity index is 399. The summed E-state index contributed by atoms with van der Waals surface area (Å²) in [6.45, 7) is 1.72. The van der Waals surface area contributed by atoms with Gasteiger partial charge in [-0.25, -0.2) is 4.79 Å². The monoisotopic (exact) mass is 207 g/mol. The number of anilines is 1. The van der Waals surface area contributed by atoms with E-state index in [1.54, 1.807) is 19.1 Å². The summed E-state index contributed by atoms with van der Waals surface area (Å²) in [7, 11) is 1.27. The summed E-state index contributed by atoms with van der Waals surface area (Å²) in [5.74, 6) is -0.701. The third-order valence-electron chi connectivity index (χ3n) is 2.10. The fourth-order valence-corrected chi connectivity index (χ4v) is 1.34. The highest BCUT2D eigenvalue weighted by molar-refractivity contribution is 6.09. The Kier molecular flexibility index (Phi) is 3.44. The molecule has 4 heteroatoms. The molecule has 0 heterocycles. The molecule has 2 N–H and O–H groups in total. The Balaban J connectivity index is 3.32. The number of methoxy groups -OCH3 is 1. The van der Waals surface area contributed by atoms with E-state index in [0.717, 1.165) is 0 Å². The maximum Gasteiger partial charge on any atom is 0.338 e. The van der Waals surface area contributed by atoms with E-state index in [0.29, 0.717) is 12.1 Å². The van der Waals surface area contributed by atoms with E-state index in [2.05, 4.69) is 4.74 Å². The highest BCUT2D eigenvalue weighted by Crippen LogP contribution is 2.19. The SMILES string of the molecule is CCC(=O)c1c(N)cccc1C(=O)OC. The van der Waals surface area contributed by atoms with Crippen LogP contribution < -0.4 is 5.73 Å². The largest absolute Gasteiger partial charge is 0.465 e. The zero-order valence-electron chi connectivity index (χ0n) is 8.74. The topological polar surface area (TPSA) is 69.4 Å². The number of nitrogen functional groups attached to an aromatic ring is 1. The van der Waals surface area contributed by atoms with Gasteiger partial charge in [-0.2, -0.15) is 0 Å². The Hall–Kier alpha value is -1.84. The van der Waals surface area contributed by atoms with E-state index in [1.165, 1.54) is 13.2 Å². The number of hydrogen-bond acceptors (Lipinski definition) is 4. The van der Waals surface area contributed by atoms with Crippen molar-refractivity contribution in [3.8, 4) is 0 Å². The minimum Gasteiger partial charge on any atom is -0.465 e. The highest BCUT2D eigenvalue weighted by Gasteiger charge is 2.18. The number of Topliss-reactive ketones (excluding diaryl/α,β-unsaturated/α-hetero) is 1. The van der Waals surface area contributed by atoms with Crippen molar-refractivity contribution in [1.82, 2.24) is 0 Å². The molecule has 1 rings (SSSR count). The van der Waals surface area contributed by atoms with Gasteiger partial charge in [0.25, 0.3) is 0 Å². The van der Waals surface area contributed by atoms with Crippen molar-refractivity contribution in [2.75, 3.05) is 12.8 Å². The van der Waals surface area contributed by atoms with E-state index in [-0.39, 0.29) is 16.9 Å². The Labute approximate surface area is 88.0 Å². The van der Waals surface area contributed by atoms with Crippen LogP contribution in [0.2, 0.25) is 0 Å². The molecule has 0 aromatic heterocycles. The summed E-state index contributed by atoms with van der Waals surface area (Å²) in [5.41, 5.74) is 6.45. The van der Waals surface area contributed by atoms with E-state index in [1.807, 2.05) is 0 Å². The molecule has 0 radical (unpaired) electrons. The molecule has 0 unspecified atom stereocenters. The molecule has 0 amide bonds. The molecule has 0 atom stereocenters. The van der Waals surface area contributed by atoms with Crippen molar-refractivity contribution in [3.05, 3.63) is 29.3 Å². The van der Waals surface area contributed by atoms with E-state index in [9.17, 15) is 9.59 Å². The number of esters is 1.